The van der Waals surface area contributed by atoms with Gasteiger partial charge in [-0.25, -0.2) is 4.79 Å². The van der Waals surface area contributed by atoms with Crippen LogP contribution in [0.1, 0.15) is 42.1 Å². The average Bonchev–Trinajstić information content (AvgIpc) is 2.99. The number of urea groups is 1. The minimum atomic E-state index is -1.12. The molecule has 2 aliphatic heterocycles. The third-order valence-corrected chi connectivity index (χ3v) is 6.72. The molecule has 180 valence electrons. The third-order valence-electron chi connectivity index (χ3n) is 6.40. The number of para-hydroxylation sites is 1. The molecule has 2 aromatic carbocycles. The summed E-state index contributed by atoms with van der Waals surface area (Å²) in [6, 6.07) is 12.2. The van der Waals surface area contributed by atoms with Gasteiger partial charge >= 0.3 is 12.0 Å². The van der Waals surface area contributed by atoms with Gasteiger partial charge in [-0.3, -0.25) is 9.59 Å². The molecule has 0 radical (unpaired) electrons. The molecule has 1 atom stereocenters. The maximum absolute atomic E-state index is 13.7. The molecule has 0 saturated carbocycles. The molecule has 3 amide bonds. The van der Waals surface area contributed by atoms with E-state index in [0.717, 1.165) is 37.2 Å². The predicted molar refractivity (Wildman–Crippen MR) is 132 cm³/mol. The number of carboxylic acids is 1. The number of benzene rings is 2. The van der Waals surface area contributed by atoms with E-state index in [9.17, 15) is 14.4 Å². The average molecular weight is 485 g/mol. The highest BCUT2D eigenvalue weighted by atomic mass is 35.5. The van der Waals surface area contributed by atoms with E-state index in [4.69, 9.17) is 16.7 Å². The summed E-state index contributed by atoms with van der Waals surface area (Å²) in [5.41, 5.74) is 2.94. The Morgan fingerprint density at radius 1 is 1.09 bits per heavy atom. The molecule has 0 aromatic heterocycles. The number of aliphatic carboxylic acids is 1. The minimum absolute atomic E-state index is 0.234. The number of halogens is 1. The molecule has 2 heterocycles. The van der Waals surface area contributed by atoms with E-state index in [-0.39, 0.29) is 25.0 Å². The Kier molecular flexibility index (Phi) is 7.26. The molecule has 0 unspecified atom stereocenters. The lowest BCUT2D eigenvalue weighted by Crippen LogP contribution is -2.49. The van der Waals surface area contributed by atoms with Crippen molar-refractivity contribution in [1.29, 1.82) is 0 Å². The zero-order chi connectivity index (χ0) is 24.2. The van der Waals surface area contributed by atoms with Crippen LogP contribution in [-0.4, -0.2) is 60.1 Å². The quantitative estimate of drug-likeness (QED) is 0.684. The number of carboxylic acid groups (broad SMARTS) is 1. The van der Waals surface area contributed by atoms with E-state index in [2.05, 4.69) is 10.2 Å². The first-order chi connectivity index (χ1) is 16.3. The summed E-state index contributed by atoms with van der Waals surface area (Å²) in [6.07, 6.45) is 3.54. The van der Waals surface area contributed by atoms with Crippen LogP contribution < -0.4 is 15.1 Å². The number of fused-ring (bicyclic) bond motifs is 1. The summed E-state index contributed by atoms with van der Waals surface area (Å²) >= 11 is 6.61. The molecule has 0 bridgehead atoms. The van der Waals surface area contributed by atoms with Crippen molar-refractivity contribution < 1.29 is 19.5 Å². The minimum Gasteiger partial charge on any atom is -0.480 e. The fourth-order valence-corrected chi connectivity index (χ4v) is 4.85. The molecule has 34 heavy (non-hydrogen) atoms. The smallest absolute Gasteiger partial charge is 0.323 e. The van der Waals surface area contributed by atoms with Crippen molar-refractivity contribution in [3.63, 3.8) is 0 Å². The van der Waals surface area contributed by atoms with E-state index in [1.54, 1.807) is 15.9 Å². The van der Waals surface area contributed by atoms with Gasteiger partial charge in [-0.1, -0.05) is 29.8 Å². The molecule has 0 aliphatic carbocycles. The van der Waals surface area contributed by atoms with Crippen LogP contribution in [0, 0.1) is 0 Å². The molecule has 1 fully saturated rings. The number of nitrogens with zero attached hydrogens (tertiary/aromatic N) is 3. The summed E-state index contributed by atoms with van der Waals surface area (Å²) in [5, 5.41) is 11.7. The standard InChI is InChI=1S/C25H29ClN4O4/c1-17-15-30(22-8-4-3-7-18(22)16-29(17)25(34)27-14-23(31)32)24(33)20-10-9-19(13-21(20)26)28-11-5-2-6-12-28/h3-4,7-10,13,17H,2,5-6,11-12,14-16H2,1H3,(H,27,34)(H,31,32)/t17-/m1/s1. The molecule has 2 aromatic rings. The summed E-state index contributed by atoms with van der Waals surface area (Å²) < 4.78 is 0. The van der Waals surface area contributed by atoms with Crippen molar-refractivity contribution in [3.8, 4) is 0 Å². The number of carbonyl (C=O) groups is 3. The second-order valence-corrected chi connectivity index (χ2v) is 9.19. The molecule has 4 rings (SSSR count). The number of hydrogen-bond donors (Lipinski definition) is 2. The number of nitrogens with one attached hydrogen (secondary N) is 1. The number of carbonyl (C=O) groups excluding carboxylic acids is 2. The van der Waals surface area contributed by atoms with Crippen molar-refractivity contribution in [2.75, 3.05) is 36.0 Å². The second kappa shape index (κ2) is 10.3. The van der Waals surface area contributed by atoms with Crippen molar-refractivity contribution in [2.24, 2.45) is 0 Å². The van der Waals surface area contributed by atoms with Crippen LogP contribution in [0.4, 0.5) is 16.2 Å². The zero-order valence-electron chi connectivity index (χ0n) is 19.2. The zero-order valence-corrected chi connectivity index (χ0v) is 19.9. The van der Waals surface area contributed by atoms with Gasteiger partial charge in [-0.15, -0.1) is 0 Å². The van der Waals surface area contributed by atoms with Gasteiger partial charge in [0.05, 0.1) is 10.6 Å². The van der Waals surface area contributed by atoms with E-state index < -0.39 is 18.5 Å². The van der Waals surface area contributed by atoms with Crippen molar-refractivity contribution in [2.45, 2.75) is 38.8 Å². The first kappa shape index (κ1) is 23.9. The Morgan fingerprint density at radius 3 is 2.53 bits per heavy atom. The lowest BCUT2D eigenvalue weighted by atomic mass is 10.1. The summed E-state index contributed by atoms with van der Waals surface area (Å²) in [5.74, 6) is -1.35. The first-order valence-corrected chi connectivity index (χ1v) is 11.9. The van der Waals surface area contributed by atoms with Crippen molar-refractivity contribution >= 4 is 40.9 Å². The number of hydrogen-bond acceptors (Lipinski definition) is 4. The van der Waals surface area contributed by atoms with Crippen LogP contribution in [0.15, 0.2) is 42.5 Å². The van der Waals surface area contributed by atoms with Gasteiger partial charge in [0.25, 0.3) is 5.91 Å². The molecule has 0 spiro atoms. The van der Waals surface area contributed by atoms with Gasteiger partial charge in [0.1, 0.15) is 6.54 Å². The maximum Gasteiger partial charge on any atom is 0.323 e. The molecule has 2 N–H and O–H groups in total. The van der Waals surface area contributed by atoms with Gasteiger partial charge in [-0.2, -0.15) is 0 Å². The third kappa shape index (κ3) is 5.12. The number of amides is 3. The summed E-state index contributed by atoms with van der Waals surface area (Å²) in [6.45, 7) is 3.86. The molecular formula is C25H29ClN4O4. The Labute approximate surface area is 204 Å². The van der Waals surface area contributed by atoms with Crippen LogP contribution in [0.2, 0.25) is 5.02 Å². The topological polar surface area (TPSA) is 93.2 Å². The lowest BCUT2D eigenvalue weighted by molar-refractivity contribution is -0.135. The van der Waals surface area contributed by atoms with Crippen LogP contribution in [0.3, 0.4) is 0 Å². The van der Waals surface area contributed by atoms with Gasteiger partial charge in [0.2, 0.25) is 0 Å². The molecular weight excluding hydrogens is 456 g/mol. The van der Waals surface area contributed by atoms with E-state index in [1.165, 1.54) is 6.42 Å². The van der Waals surface area contributed by atoms with E-state index in [1.807, 2.05) is 43.3 Å². The van der Waals surface area contributed by atoms with Crippen molar-refractivity contribution in [3.05, 3.63) is 58.6 Å². The SMILES string of the molecule is C[C@@H]1CN(C(=O)c2ccc(N3CCCCC3)cc2Cl)c2ccccc2CN1C(=O)NCC(=O)O. The fraction of sp³-hybridized carbons (Fsp3) is 0.400. The number of anilines is 2. The van der Waals surface area contributed by atoms with Gasteiger partial charge < -0.3 is 25.1 Å². The molecule has 1 saturated heterocycles. The van der Waals surface area contributed by atoms with E-state index >= 15 is 0 Å². The Bertz CT molecular complexity index is 1090. The lowest BCUT2D eigenvalue weighted by Gasteiger charge is -2.30. The highest BCUT2D eigenvalue weighted by Crippen LogP contribution is 2.32. The first-order valence-electron chi connectivity index (χ1n) is 11.6. The van der Waals surface area contributed by atoms with Crippen LogP contribution in [-0.2, 0) is 11.3 Å². The highest BCUT2D eigenvalue weighted by molar-refractivity contribution is 6.34. The molecule has 2 aliphatic rings. The Balaban J connectivity index is 1.60. The second-order valence-electron chi connectivity index (χ2n) is 8.79. The van der Waals surface area contributed by atoms with Gasteiger partial charge in [0, 0.05) is 43.6 Å². The normalized spacial score (nSPS) is 18.2. The summed E-state index contributed by atoms with van der Waals surface area (Å²) in [7, 11) is 0. The largest absolute Gasteiger partial charge is 0.480 e. The van der Waals surface area contributed by atoms with Crippen LogP contribution in [0.5, 0.6) is 0 Å². The van der Waals surface area contributed by atoms with Gasteiger partial charge in [-0.05, 0) is 56.0 Å². The Hall–Kier alpha value is -3.26. The van der Waals surface area contributed by atoms with Crippen LogP contribution >= 0.6 is 11.6 Å². The predicted octanol–water partition coefficient (Wildman–Crippen LogP) is 3.98. The fourth-order valence-electron chi connectivity index (χ4n) is 4.60. The van der Waals surface area contributed by atoms with Crippen molar-refractivity contribution in [1.82, 2.24) is 10.2 Å². The number of rotatable bonds is 4. The maximum atomic E-state index is 13.7. The molecule has 9 heteroatoms. The number of piperidine rings is 1. The highest BCUT2D eigenvalue weighted by Gasteiger charge is 2.32. The van der Waals surface area contributed by atoms with Crippen LogP contribution in [0.25, 0.3) is 0 Å². The van der Waals surface area contributed by atoms with Gasteiger partial charge in [0.15, 0.2) is 0 Å². The van der Waals surface area contributed by atoms with E-state index in [0.29, 0.717) is 16.3 Å². The monoisotopic (exact) mass is 484 g/mol. The summed E-state index contributed by atoms with van der Waals surface area (Å²) in [4.78, 5) is 42.8. The molecule has 8 nitrogen and oxygen atoms in total. The Morgan fingerprint density at radius 2 is 1.82 bits per heavy atom.